The quantitative estimate of drug-likeness (QED) is 0.838. The summed E-state index contributed by atoms with van der Waals surface area (Å²) in [5.41, 5.74) is 1.19. The molecule has 6 rings (SSSR count). The van der Waals surface area contributed by atoms with E-state index in [0.717, 1.165) is 32.5 Å². The number of fused-ring (bicyclic) bond motifs is 2. The summed E-state index contributed by atoms with van der Waals surface area (Å²) in [5.74, 6) is 1.50. The molecule has 3 nitrogen and oxygen atoms in total. The Labute approximate surface area is 136 Å². The van der Waals surface area contributed by atoms with E-state index in [2.05, 4.69) is 9.80 Å². The fourth-order valence-corrected chi connectivity index (χ4v) is 5.24. The van der Waals surface area contributed by atoms with E-state index in [1.54, 1.807) is 12.1 Å². The van der Waals surface area contributed by atoms with Gasteiger partial charge in [-0.3, -0.25) is 9.69 Å². The van der Waals surface area contributed by atoms with Crippen molar-refractivity contribution >= 4 is 5.91 Å². The van der Waals surface area contributed by atoms with E-state index in [4.69, 9.17) is 0 Å². The Kier molecular flexibility index (Phi) is 3.06. The van der Waals surface area contributed by atoms with Crippen LogP contribution in [-0.2, 0) is 4.79 Å². The molecule has 1 saturated carbocycles. The standard InChI is InChI=1S/C19H23FN2O/c20-15-5-3-12(4-6-15)16-11-22(19(23)14-1-2-14)17-13-7-9-21(10-8-13)18(16)17/h3-6,13-14,16-18H,1-2,7-11H2/t16-,17+,18+/m1/s1. The van der Waals surface area contributed by atoms with E-state index in [1.165, 1.54) is 18.4 Å². The Morgan fingerprint density at radius 2 is 1.70 bits per heavy atom. The van der Waals surface area contributed by atoms with Gasteiger partial charge in [-0.2, -0.15) is 0 Å². The first-order valence-corrected chi connectivity index (χ1v) is 9.02. The van der Waals surface area contributed by atoms with Gasteiger partial charge in [0.05, 0.1) is 6.04 Å². The number of carbonyl (C=O) groups is 1. The molecule has 2 bridgehead atoms. The number of rotatable bonds is 2. The summed E-state index contributed by atoms with van der Waals surface area (Å²) in [6.07, 6.45) is 4.60. The van der Waals surface area contributed by atoms with E-state index in [0.29, 0.717) is 29.8 Å². The third-order valence-electron chi connectivity index (χ3n) is 6.50. The van der Waals surface area contributed by atoms with Crippen molar-refractivity contribution in [2.75, 3.05) is 19.6 Å². The zero-order valence-corrected chi connectivity index (χ0v) is 13.3. The van der Waals surface area contributed by atoms with E-state index in [1.807, 2.05) is 12.1 Å². The van der Waals surface area contributed by atoms with E-state index in [9.17, 15) is 9.18 Å². The van der Waals surface area contributed by atoms with Crippen molar-refractivity contribution in [1.29, 1.82) is 0 Å². The van der Waals surface area contributed by atoms with Crippen LogP contribution in [0.25, 0.3) is 0 Å². The molecule has 4 aliphatic heterocycles. The van der Waals surface area contributed by atoms with Gasteiger partial charge in [0.25, 0.3) is 0 Å². The number of benzene rings is 1. The van der Waals surface area contributed by atoms with Crippen molar-refractivity contribution < 1.29 is 9.18 Å². The van der Waals surface area contributed by atoms with Crippen molar-refractivity contribution in [3.8, 4) is 0 Å². The molecule has 0 radical (unpaired) electrons. The lowest BCUT2D eigenvalue weighted by molar-refractivity contribution is -0.137. The van der Waals surface area contributed by atoms with Crippen LogP contribution in [0.4, 0.5) is 4.39 Å². The number of hydrogen-bond donors (Lipinski definition) is 0. The molecule has 23 heavy (non-hydrogen) atoms. The molecular formula is C19H23FN2O. The summed E-state index contributed by atoms with van der Waals surface area (Å²) in [7, 11) is 0. The summed E-state index contributed by atoms with van der Waals surface area (Å²) in [6.45, 7) is 3.15. The van der Waals surface area contributed by atoms with Gasteiger partial charge < -0.3 is 4.90 Å². The van der Waals surface area contributed by atoms with Crippen molar-refractivity contribution in [3.63, 3.8) is 0 Å². The lowest BCUT2D eigenvalue weighted by Gasteiger charge is -2.51. The first-order valence-electron chi connectivity index (χ1n) is 9.02. The summed E-state index contributed by atoms with van der Waals surface area (Å²) in [5, 5.41) is 0. The molecule has 0 unspecified atom stereocenters. The zero-order chi connectivity index (χ0) is 15.6. The van der Waals surface area contributed by atoms with Gasteiger partial charge in [-0.1, -0.05) is 12.1 Å². The van der Waals surface area contributed by atoms with Crippen molar-refractivity contribution in [2.24, 2.45) is 11.8 Å². The van der Waals surface area contributed by atoms with Gasteiger partial charge >= 0.3 is 0 Å². The maximum Gasteiger partial charge on any atom is 0.226 e. The fraction of sp³-hybridized carbons (Fsp3) is 0.632. The topological polar surface area (TPSA) is 23.6 Å². The number of carbonyl (C=O) groups excluding carboxylic acids is 1. The van der Waals surface area contributed by atoms with E-state index in [-0.39, 0.29) is 11.7 Å². The SMILES string of the molecule is O=C(C1CC1)N1C[C@H](c2ccc(F)cc2)[C@H]2[C@@H]1C1CCN2CC1. The largest absolute Gasteiger partial charge is 0.337 e. The molecule has 1 aromatic rings. The highest BCUT2D eigenvalue weighted by molar-refractivity contribution is 5.82. The lowest BCUT2D eigenvalue weighted by Crippen LogP contribution is -2.60. The average molecular weight is 314 g/mol. The monoisotopic (exact) mass is 314 g/mol. The summed E-state index contributed by atoms with van der Waals surface area (Å²) in [4.78, 5) is 17.6. The predicted octanol–water partition coefficient (Wildman–Crippen LogP) is 2.62. The Bertz CT molecular complexity index is 619. The highest BCUT2D eigenvalue weighted by atomic mass is 19.1. The molecule has 3 atom stereocenters. The van der Waals surface area contributed by atoms with Crippen LogP contribution in [0, 0.1) is 17.7 Å². The molecule has 4 heterocycles. The normalized spacial score (nSPS) is 38.7. The number of nitrogens with zero attached hydrogens (tertiary/aromatic N) is 2. The van der Waals surface area contributed by atoms with Crippen LogP contribution in [0.1, 0.15) is 37.2 Å². The second-order valence-corrected chi connectivity index (χ2v) is 7.78. The Hall–Kier alpha value is -1.42. The minimum atomic E-state index is -0.181. The molecule has 0 N–H and O–H groups in total. The second kappa shape index (κ2) is 5.04. The molecule has 122 valence electrons. The van der Waals surface area contributed by atoms with Crippen LogP contribution in [0.15, 0.2) is 24.3 Å². The number of hydrogen-bond acceptors (Lipinski definition) is 2. The van der Waals surface area contributed by atoms with Gasteiger partial charge in [0, 0.05) is 24.4 Å². The van der Waals surface area contributed by atoms with Crippen molar-refractivity contribution in [2.45, 2.75) is 43.7 Å². The first kappa shape index (κ1) is 14.0. The van der Waals surface area contributed by atoms with Crippen LogP contribution in [0.3, 0.4) is 0 Å². The lowest BCUT2D eigenvalue weighted by atomic mass is 9.75. The third kappa shape index (κ3) is 2.14. The zero-order valence-electron chi connectivity index (χ0n) is 13.3. The van der Waals surface area contributed by atoms with Crippen LogP contribution in [-0.4, -0.2) is 47.4 Å². The molecule has 4 saturated heterocycles. The minimum Gasteiger partial charge on any atom is -0.337 e. The number of halogens is 1. The molecule has 5 fully saturated rings. The summed E-state index contributed by atoms with van der Waals surface area (Å²) < 4.78 is 13.3. The smallest absolute Gasteiger partial charge is 0.226 e. The highest BCUT2D eigenvalue weighted by Crippen LogP contribution is 2.48. The first-order chi connectivity index (χ1) is 11.2. The van der Waals surface area contributed by atoms with Crippen LogP contribution in [0.5, 0.6) is 0 Å². The van der Waals surface area contributed by atoms with Crippen molar-refractivity contribution in [1.82, 2.24) is 9.80 Å². The molecule has 1 amide bonds. The number of piperidine rings is 3. The average Bonchev–Trinajstić information content (AvgIpc) is 3.35. The molecule has 4 heteroatoms. The fourth-order valence-electron chi connectivity index (χ4n) is 5.24. The maximum absolute atomic E-state index is 13.3. The Balaban J connectivity index is 1.51. The third-order valence-corrected chi connectivity index (χ3v) is 6.50. The van der Waals surface area contributed by atoms with E-state index < -0.39 is 0 Å². The van der Waals surface area contributed by atoms with Gasteiger partial charge in [0.15, 0.2) is 0 Å². The van der Waals surface area contributed by atoms with Gasteiger partial charge in [0.2, 0.25) is 5.91 Å². The summed E-state index contributed by atoms with van der Waals surface area (Å²) in [6, 6.07) is 7.80. The van der Waals surface area contributed by atoms with Crippen molar-refractivity contribution in [3.05, 3.63) is 35.6 Å². The Morgan fingerprint density at radius 3 is 2.35 bits per heavy atom. The van der Waals surface area contributed by atoms with Gasteiger partial charge in [0.1, 0.15) is 5.82 Å². The molecule has 1 aliphatic carbocycles. The van der Waals surface area contributed by atoms with Crippen LogP contribution < -0.4 is 0 Å². The maximum atomic E-state index is 13.3. The molecule has 0 spiro atoms. The van der Waals surface area contributed by atoms with Crippen LogP contribution >= 0.6 is 0 Å². The Morgan fingerprint density at radius 1 is 1.00 bits per heavy atom. The molecule has 1 aromatic carbocycles. The minimum absolute atomic E-state index is 0.181. The second-order valence-electron chi connectivity index (χ2n) is 7.78. The van der Waals surface area contributed by atoms with Crippen LogP contribution in [0.2, 0.25) is 0 Å². The molecule has 5 aliphatic rings. The summed E-state index contributed by atoms with van der Waals surface area (Å²) >= 11 is 0. The predicted molar refractivity (Wildman–Crippen MR) is 85.5 cm³/mol. The molecular weight excluding hydrogens is 291 g/mol. The van der Waals surface area contributed by atoms with Gasteiger partial charge in [-0.05, 0) is 62.4 Å². The van der Waals surface area contributed by atoms with Gasteiger partial charge in [-0.15, -0.1) is 0 Å². The van der Waals surface area contributed by atoms with E-state index >= 15 is 0 Å². The number of amides is 1. The number of likely N-dealkylation sites (tertiary alicyclic amines) is 1. The molecule has 0 aromatic heterocycles. The highest BCUT2D eigenvalue weighted by Gasteiger charge is 2.55. The van der Waals surface area contributed by atoms with Gasteiger partial charge in [-0.25, -0.2) is 4.39 Å².